The second kappa shape index (κ2) is 6.90. The Morgan fingerprint density at radius 1 is 1.39 bits per heavy atom. The topological polar surface area (TPSA) is 71.8 Å². The molecule has 0 unspecified atom stereocenters. The quantitative estimate of drug-likeness (QED) is 0.400. The van der Waals surface area contributed by atoms with Gasteiger partial charge in [-0.15, -0.1) is 0 Å². The molecule has 2 heterocycles. The van der Waals surface area contributed by atoms with Crippen molar-refractivity contribution in [3.8, 4) is 6.07 Å². The van der Waals surface area contributed by atoms with Crippen LogP contribution in [0.1, 0.15) is 12.2 Å². The molecule has 0 saturated heterocycles. The zero-order valence-corrected chi connectivity index (χ0v) is 13.6. The Hall–Kier alpha value is -2.23. The molecular formula is C16H12ClN3O2S. The molecule has 3 rings (SSSR count). The number of rotatable bonds is 5. The van der Waals surface area contributed by atoms with E-state index in [1.165, 1.54) is 11.8 Å². The van der Waals surface area contributed by atoms with Gasteiger partial charge >= 0.3 is 0 Å². The van der Waals surface area contributed by atoms with Gasteiger partial charge in [0.2, 0.25) is 0 Å². The van der Waals surface area contributed by atoms with E-state index in [-0.39, 0.29) is 5.56 Å². The molecule has 0 atom stereocenters. The van der Waals surface area contributed by atoms with Crippen LogP contribution in [0.4, 0.5) is 0 Å². The van der Waals surface area contributed by atoms with Crippen molar-refractivity contribution in [2.24, 2.45) is 0 Å². The lowest BCUT2D eigenvalue weighted by atomic mass is 10.2. The first-order valence-corrected chi connectivity index (χ1v) is 8.27. The van der Waals surface area contributed by atoms with Crippen LogP contribution in [0, 0.1) is 11.3 Å². The van der Waals surface area contributed by atoms with E-state index < -0.39 is 0 Å². The molecular weight excluding hydrogens is 334 g/mol. The van der Waals surface area contributed by atoms with E-state index in [1.807, 2.05) is 6.07 Å². The van der Waals surface area contributed by atoms with Crippen LogP contribution in [0.5, 0.6) is 0 Å². The number of aromatic nitrogens is 2. The predicted molar refractivity (Wildman–Crippen MR) is 89.8 cm³/mol. The summed E-state index contributed by atoms with van der Waals surface area (Å²) in [6.07, 6.45) is 1.95. The Bertz CT molecular complexity index is 929. The first-order chi connectivity index (χ1) is 11.2. The molecule has 3 aromatic rings. The monoisotopic (exact) mass is 345 g/mol. The average Bonchev–Trinajstić information content (AvgIpc) is 3.04. The fourth-order valence-electron chi connectivity index (χ4n) is 2.17. The lowest BCUT2D eigenvalue weighted by molar-refractivity contribution is 0.476. The highest BCUT2D eigenvalue weighted by Gasteiger charge is 2.13. The van der Waals surface area contributed by atoms with Crippen LogP contribution in [0.15, 0.2) is 51.0 Å². The van der Waals surface area contributed by atoms with Crippen molar-refractivity contribution in [1.29, 1.82) is 5.26 Å². The Morgan fingerprint density at radius 2 is 2.26 bits per heavy atom. The van der Waals surface area contributed by atoms with Gasteiger partial charge in [-0.05, 0) is 30.3 Å². The second-order valence-corrected chi connectivity index (χ2v) is 6.28. The van der Waals surface area contributed by atoms with Crippen molar-refractivity contribution in [3.63, 3.8) is 0 Å². The molecule has 0 aliphatic rings. The molecule has 0 radical (unpaired) electrons. The summed E-state index contributed by atoms with van der Waals surface area (Å²) in [5, 5.41) is 10.3. The zero-order chi connectivity index (χ0) is 16.2. The minimum Gasteiger partial charge on any atom is -0.467 e. The SMILES string of the molecule is N#CCCSc1nc2cc(Cl)ccc2c(=O)n1Cc1ccco1. The first kappa shape index (κ1) is 15.7. The number of benzene rings is 1. The van der Waals surface area contributed by atoms with Crippen molar-refractivity contribution < 1.29 is 4.42 Å². The van der Waals surface area contributed by atoms with E-state index in [1.54, 1.807) is 35.1 Å². The van der Waals surface area contributed by atoms with Gasteiger partial charge in [-0.2, -0.15) is 5.26 Å². The molecule has 0 bridgehead atoms. The van der Waals surface area contributed by atoms with Crippen LogP contribution in [0.2, 0.25) is 5.02 Å². The number of halogens is 1. The highest BCUT2D eigenvalue weighted by atomic mass is 35.5. The van der Waals surface area contributed by atoms with Gasteiger partial charge in [-0.1, -0.05) is 23.4 Å². The molecule has 23 heavy (non-hydrogen) atoms. The molecule has 0 aliphatic carbocycles. The van der Waals surface area contributed by atoms with Gasteiger partial charge in [-0.3, -0.25) is 9.36 Å². The Kier molecular flexibility index (Phi) is 4.70. The maximum absolute atomic E-state index is 12.8. The van der Waals surface area contributed by atoms with Crippen molar-refractivity contribution in [2.45, 2.75) is 18.1 Å². The van der Waals surface area contributed by atoms with Gasteiger partial charge in [0.25, 0.3) is 5.56 Å². The highest BCUT2D eigenvalue weighted by Crippen LogP contribution is 2.21. The Balaban J connectivity index is 2.11. The number of thioether (sulfide) groups is 1. The minimum absolute atomic E-state index is 0.150. The van der Waals surface area contributed by atoms with Gasteiger partial charge in [0.1, 0.15) is 5.76 Å². The molecule has 0 aliphatic heterocycles. The Labute approximate surface area is 141 Å². The smallest absolute Gasteiger partial charge is 0.262 e. The third-order valence-electron chi connectivity index (χ3n) is 3.22. The normalized spacial score (nSPS) is 10.8. The average molecular weight is 346 g/mol. The van der Waals surface area contributed by atoms with E-state index in [2.05, 4.69) is 11.1 Å². The predicted octanol–water partition coefficient (Wildman–Crippen LogP) is 3.70. The summed E-state index contributed by atoms with van der Waals surface area (Å²) in [6.45, 7) is 0.298. The molecule has 0 saturated carbocycles. The first-order valence-electron chi connectivity index (χ1n) is 6.91. The van der Waals surface area contributed by atoms with Crippen LogP contribution in [0.25, 0.3) is 10.9 Å². The lowest BCUT2D eigenvalue weighted by Crippen LogP contribution is -2.23. The molecule has 0 N–H and O–H groups in total. The van der Waals surface area contributed by atoms with Crippen LogP contribution in [-0.2, 0) is 6.54 Å². The van der Waals surface area contributed by atoms with Crippen molar-refractivity contribution in [3.05, 3.63) is 57.7 Å². The van der Waals surface area contributed by atoms with E-state index in [0.717, 1.165) is 0 Å². The van der Waals surface area contributed by atoms with Crippen LogP contribution < -0.4 is 5.56 Å². The maximum Gasteiger partial charge on any atom is 0.262 e. The fourth-order valence-corrected chi connectivity index (χ4v) is 3.18. The summed E-state index contributed by atoms with van der Waals surface area (Å²) in [5.74, 6) is 1.23. The number of nitriles is 1. The molecule has 116 valence electrons. The standard InChI is InChI=1S/C16H12ClN3O2S/c17-11-4-5-13-14(9-11)19-16(23-8-2-6-18)20(15(13)21)10-12-3-1-7-22-12/h1,3-5,7,9H,2,8,10H2. The molecule has 0 spiro atoms. The zero-order valence-electron chi connectivity index (χ0n) is 12.0. The summed E-state index contributed by atoms with van der Waals surface area (Å²) in [5.41, 5.74) is 0.403. The second-order valence-electron chi connectivity index (χ2n) is 4.78. The van der Waals surface area contributed by atoms with E-state index >= 15 is 0 Å². The third kappa shape index (κ3) is 3.41. The maximum atomic E-state index is 12.8. The minimum atomic E-state index is -0.150. The molecule has 7 heteroatoms. The van der Waals surface area contributed by atoms with Crippen LogP contribution >= 0.6 is 23.4 Å². The van der Waals surface area contributed by atoms with Crippen LogP contribution in [-0.4, -0.2) is 15.3 Å². The number of hydrogen-bond donors (Lipinski definition) is 0. The van der Waals surface area contributed by atoms with Crippen molar-refractivity contribution in [2.75, 3.05) is 5.75 Å². The van der Waals surface area contributed by atoms with E-state index in [4.69, 9.17) is 21.3 Å². The molecule has 1 aromatic carbocycles. The van der Waals surface area contributed by atoms with Gasteiger partial charge in [0, 0.05) is 17.2 Å². The summed E-state index contributed by atoms with van der Waals surface area (Å²) in [7, 11) is 0. The van der Waals surface area contributed by atoms with Crippen molar-refractivity contribution in [1.82, 2.24) is 9.55 Å². The summed E-state index contributed by atoms with van der Waals surface area (Å²) in [6, 6.07) is 10.7. The number of fused-ring (bicyclic) bond motifs is 1. The van der Waals surface area contributed by atoms with Gasteiger partial charge in [0.15, 0.2) is 5.16 Å². The van der Waals surface area contributed by atoms with Gasteiger partial charge in [0.05, 0.1) is 29.8 Å². The van der Waals surface area contributed by atoms with Crippen LogP contribution in [0.3, 0.4) is 0 Å². The molecule has 0 fully saturated rings. The molecule has 5 nitrogen and oxygen atoms in total. The largest absolute Gasteiger partial charge is 0.467 e. The summed E-state index contributed by atoms with van der Waals surface area (Å²) in [4.78, 5) is 17.3. The number of hydrogen-bond acceptors (Lipinski definition) is 5. The van der Waals surface area contributed by atoms with E-state index in [0.29, 0.717) is 45.6 Å². The highest BCUT2D eigenvalue weighted by molar-refractivity contribution is 7.99. The summed E-state index contributed by atoms with van der Waals surface area (Å²) >= 11 is 7.36. The van der Waals surface area contributed by atoms with E-state index in [9.17, 15) is 4.79 Å². The molecule has 2 aromatic heterocycles. The Morgan fingerprint density at radius 3 is 3.00 bits per heavy atom. The fraction of sp³-hybridized carbons (Fsp3) is 0.188. The van der Waals surface area contributed by atoms with Gasteiger partial charge in [-0.25, -0.2) is 4.98 Å². The number of nitrogens with zero attached hydrogens (tertiary/aromatic N) is 3. The van der Waals surface area contributed by atoms with Gasteiger partial charge < -0.3 is 4.42 Å². The number of furan rings is 1. The van der Waals surface area contributed by atoms with Crippen molar-refractivity contribution >= 4 is 34.3 Å². The summed E-state index contributed by atoms with van der Waals surface area (Å²) < 4.78 is 6.90. The molecule has 0 amide bonds. The lowest BCUT2D eigenvalue weighted by Gasteiger charge is -2.11. The third-order valence-corrected chi connectivity index (χ3v) is 4.43.